The van der Waals surface area contributed by atoms with Gasteiger partial charge in [0.2, 0.25) is 0 Å². The standard InChI is InChI=1S/C18H21NO3/c1-21-17-10-12-7-8-19-15(14(12)11-18(17)22-2)9-13-5-3-4-6-16(13)20/h3-6,10-11,15,19-20H,7-9H2,1-2H3/t15-/m0/s1. The van der Waals surface area contributed by atoms with E-state index in [1.54, 1.807) is 20.3 Å². The molecular formula is C18H21NO3. The van der Waals surface area contributed by atoms with Crippen molar-refractivity contribution in [2.45, 2.75) is 18.9 Å². The number of para-hydroxylation sites is 1. The summed E-state index contributed by atoms with van der Waals surface area (Å²) in [6, 6.07) is 11.8. The summed E-state index contributed by atoms with van der Waals surface area (Å²) in [5.74, 6) is 1.86. The second-order valence-corrected chi connectivity index (χ2v) is 5.50. The number of rotatable bonds is 4. The molecule has 116 valence electrons. The molecule has 0 aromatic heterocycles. The van der Waals surface area contributed by atoms with Gasteiger partial charge in [0, 0.05) is 6.04 Å². The molecule has 1 heterocycles. The highest BCUT2D eigenvalue weighted by Crippen LogP contribution is 2.36. The lowest BCUT2D eigenvalue weighted by molar-refractivity contribution is 0.352. The molecule has 0 saturated carbocycles. The van der Waals surface area contributed by atoms with Gasteiger partial charge in [0.05, 0.1) is 14.2 Å². The second kappa shape index (κ2) is 6.28. The van der Waals surface area contributed by atoms with Crippen LogP contribution < -0.4 is 14.8 Å². The minimum Gasteiger partial charge on any atom is -0.508 e. The molecule has 2 N–H and O–H groups in total. The molecule has 0 fully saturated rings. The third-order valence-electron chi connectivity index (χ3n) is 4.22. The first kappa shape index (κ1) is 14.7. The Morgan fingerprint density at radius 3 is 2.59 bits per heavy atom. The zero-order valence-corrected chi connectivity index (χ0v) is 12.9. The maximum Gasteiger partial charge on any atom is 0.161 e. The molecule has 4 heteroatoms. The number of methoxy groups -OCH3 is 2. The van der Waals surface area contributed by atoms with Gasteiger partial charge in [-0.1, -0.05) is 18.2 Å². The molecule has 0 amide bonds. The van der Waals surface area contributed by atoms with Crippen LogP contribution in [0.5, 0.6) is 17.2 Å². The lowest BCUT2D eigenvalue weighted by atomic mass is 9.89. The average molecular weight is 299 g/mol. The Bertz CT molecular complexity index is 669. The highest BCUT2D eigenvalue weighted by molar-refractivity contribution is 5.50. The quantitative estimate of drug-likeness (QED) is 0.911. The SMILES string of the molecule is COc1cc2c(cc1OC)[C@H](Cc1ccccc1O)NCC2. The topological polar surface area (TPSA) is 50.7 Å². The highest BCUT2D eigenvalue weighted by Gasteiger charge is 2.23. The first-order valence-corrected chi connectivity index (χ1v) is 7.48. The van der Waals surface area contributed by atoms with Crippen LogP contribution in [0.2, 0.25) is 0 Å². The van der Waals surface area contributed by atoms with Crippen LogP contribution in [0.1, 0.15) is 22.7 Å². The second-order valence-electron chi connectivity index (χ2n) is 5.50. The number of phenols is 1. The van der Waals surface area contributed by atoms with Crippen molar-refractivity contribution in [3.8, 4) is 17.2 Å². The maximum atomic E-state index is 10.00. The van der Waals surface area contributed by atoms with E-state index in [-0.39, 0.29) is 6.04 Å². The lowest BCUT2D eigenvalue weighted by Gasteiger charge is -2.28. The zero-order valence-electron chi connectivity index (χ0n) is 12.9. The van der Waals surface area contributed by atoms with Crippen LogP contribution in [-0.4, -0.2) is 25.9 Å². The Balaban J connectivity index is 1.95. The summed E-state index contributed by atoms with van der Waals surface area (Å²) in [6.45, 7) is 0.917. The van der Waals surface area contributed by atoms with Crippen molar-refractivity contribution in [3.05, 3.63) is 53.1 Å². The van der Waals surface area contributed by atoms with E-state index in [0.29, 0.717) is 5.75 Å². The number of aromatic hydroxyl groups is 1. The molecule has 1 aliphatic rings. The molecule has 4 nitrogen and oxygen atoms in total. The van der Waals surface area contributed by atoms with E-state index in [1.807, 2.05) is 24.3 Å². The van der Waals surface area contributed by atoms with Crippen molar-refractivity contribution in [1.82, 2.24) is 5.32 Å². The Morgan fingerprint density at radius 2 is 1.86 bits per heavy atom. The number of benzene rings is 2. The summed E-state index contributed by atoms with van der Waals surface area (Å²) in [7, 11) is 3.31. The molecule has 2 aromatic rings. The van der Waals surface area contributed by atoms with Gasteiger partial charge in [-0.05, 0) is 54.3 Å². The first-order valence-electron chi connectivity index (χ1n) is 7.48. The van der Waals surface area contributed by atoms with E-state index >= 15 is 0 Å². The van der Waals surface area contributed by atoms with E-state index in [0.717, 1.165) is 36.4 Å². The third-order valence-corrected chi connectivity index (χ3v) is 4.22. The van der Waals surface area contributed by atoms with Crippen molar-refractivity contribution in [2.24, 2.45) is 0 Å². The Labute approximate surface area is 130 Å². The fourth-order valence-electron chi connectivity index (χ4n) is 3.05. The van der Waals surface area contributed by atoms with E-state index in [4.69, 9.17) is 9.47 Å². The normalized spacial score (nSPS) is 16.9. The van der Waals surface area contributed by atoms with Crippen LogP contribution in [0.4, 0.5) is 0 Å². The summed E-state index contributed by atoms with van der Waals surface area (Å²) in [6.07, 6.45) is 1.71. The van der Waals surface area contributed by atoms with E-state index < -0.39 is 0 Å². The third kappa shape index (κ3) is 2.74. The Morgan fingerprint density at radius 1 is 1.14 bits per heavy atom. The van der Waals surface area contributed by atoms with Gasteiger partial charge in [0.15, 0.2) is 11.5 Å². The molecular weight excluding hydrogens is 278 g/mol. The summed E-state index contributed by atoms with van der Waals surface area (Å²) in [4.78, 5) is 0. The monoisotopic (exact) mass is 299 g/mol. The average Bonchev–Trinajstić information content (AvgIpc) is 2.56. The molecule has 0 saturated heterocycles. The lowest BCUT2D eigenvalue weighted by Crippen LogP contribution is -2.31. The molecule has 0 spiro atoms. The minimum atomic E-state index is 0.164. The van der Waals surface area contributed by atoms with Gasteiger partial charge in [0.25, 0.3) is 0 Å². The number of fused-ring (bicyclic) bond motifs is 1. The number of nitrogens with one attached hydrogen (secondary N) is 1. The van der Waals surface area contributed by atoms with Gasteiger partial charge in [-0.25, -0.2) is 0 Å². The van der Waals surface area contributed by atoms with Crippen molar-refractivity contribution in [3.63, 3.8) is 0 Å². The molecule has 1 atom stereocenters. The summed E-state index contributed by atoms with van der Waals surface area (Å²) in [5.41, 5.74) is 3.44. The van der Waals surface area contributed by atoms with Gasteiger partial charge in [-0.2, -0.15) is 0 Å². The molecule has 0 bridgehead atoms. The molecule has 1 aliphatic heterocycles. The van der Waals surface area contributed by atoms with Gasteiger partial charge < -0.3 is 19.9 Å². The van der Waals surface area contributed by atoms with E-state index in [9.17, 15) is 5.11 Å². The molecule has 2 aromatic carbocycles. The predicted molar refractivity (Wildman–Crippen MR) is 85.8 cm³/mol. The van der Waals surface area contributed by atoms with Crippen LogP contribution in [0.3, 0.4) is 0 Å². The number of hydrogen-bond donors (Lipinski definition) is 2. The van der Waals surface area contributed by atoms with Crippen LogP contribution in [0.25, 0.3) is 0 Å². The number of hydrogen-bond acceptors (Lipinski definition) is 4. The fourth-order valence-corrected chi connectivity index (χ4v) is 3.05. The van der Waals surface area contributed by atoms with Crippen molar-refractivity contribution in [1.29, 1.82) is 0 Å². The molecule has 0 aliphatic carbocycles. The highest BCUT2D eigenvalue weighted by atomic mass is 16.5. The Kier molecular flexibility index (Phi) is 4.20. The van der Waals surface area contributed by atoms with Crippen LogP contribution in [-0.2, 0) is 12.8 Å². The summed E-state index contributed by atoms with van der Waals surface area (Å²) >= 11 is 0. The van der Waals surface area contributed by atoms with Crippen molar-refractivity contribution < 1.29 is 14.6 Å². The van der Waals surface area contributed by atoms with Crippen LogP contribution in [0.15, 0.2) is 36.4 Å². The van der Waals surface area contributed by atoms with Crippen LogP contribution in [0, 0.1) is 0 Å². The van der Waals surface area contributed by atoms with Gasteiger partial charge >= 0.3 is 0 Å². The van der Waals surface area contributed by atoms with Crippen LogP contribution >= 0.6 is 0 Å². The van der Waals surface area contributed by atoms with E-state index in [1.165, 1.54) is 11.1 Å². The van der Waals surface area contributed by atoms with Crippen molar-refractivity contribution in [2.75, 3.05) is 20.8 Å². The number of ether oxygens (including phenoxy) is 2. The van der Waals surface area contributed by atoms with Gasteiger partial charge in [-0.3, -0.25) is 0 Å². The Hall–Kier alpha value is -2.20. The number of phenolic OH excluding ortho intramolecular Hbond substituents is 1. The maximum absolute atomic E-state index is 10.00. The fraction of sp³-hybridized carbons (Fsp3) is 0.333. The smallest absolute Gasteiger partial charge is 0.161 e. The molecule has 22 heavy (non-hydrogen) atoms. The summed E-state index contributed by atoms with van der Waals surface area (Å²) in [5, 5.41) is 13.5. The molecule has 0 radical (unpaired) electrons. The van der Waals surface area contributed by atoms with Crippen molar-refractivity contribution >= 4 is 0 Å². The molecule has 3 rings (SSSR count). The minimum absolute atomic E-state index is 0.164. The predicted octanol–water partition coefficient (Wildman–Crippen LogP) is 2.84. The summed E-state index contributed by atoms with van der Waals surface area (Å²) < 4.78 is 10.8. The first-order chi connectivity index (χ1) is 10.7. The largest absolute Gasteiger partial charge is 0.508 e. The van der Waals surface area contributed by atoms with Gasteiger partial charge in [0.1, 0.15) is 5.75 Å². The van der Waals surface area contributed by atoms with E-state index in [2.05, 4.69) is 11.4 Å². The molecule has 0 unspecified atom stereocenters. The van der Waals surface area contributed by atoms with Gasteiger partial charge in [-0.15, -0.1) is 0 Å². The zero-order chi connectivity index (χ0) is 15.5.